The molecule has 0 aliphatic heterocycles. The third-order valence-corrected chi connectivity index (χ3v) is 2.89. The predicted octanol–water partition coefficient (Wildman–Crippen LogP) is 3.58. The van der Waals surface area contributed by atoms with Crippen molar-refractivity contribution >= 4 is 11.7 Å². The Morgan fingerprint density at radius 1 is 1.20 bits per heavy atom. The monoisotopic (exact) mass is 277 g/mol. The van der Waals surface area contributed by atoms with Crippen molar-refractivity contribution in [1.82, 2.24) is 0 Å². The molecule has 3 nitrogen and oxygen atoms in total. The lowest BCUT2D eigenvalue weighted by Crippen LogP contribution is -2.07. The molecule has 2 rings (SSSR count). The van der Waals surface area contributed by atoms with Gasteiger partial charge in [-0.3, -0.25) is 0 Å². The summed E-state index contributed by atoms with van der Waals surface area (Å²) in [7, 11) is 0. The van der Waals surface area contributed by atoms with Crippen LogP contribution in [-0.2, 0) is 6.54 Å². The van der Waals surface area contributed by atoms with Crippen molar-refractivity contribution < 1.29 is 18.7 Å². The largest absolute Gasteiger partial charge is 0.478 e. The average Bonchev–Trinajstić information content (AvgIpc) is 2.38. The van der Waals surface area contributed by atoms with E-state index in [-0.39, 0.29) is 17.7 Å². The number of carboxylic acids is 1. The average molecular weight is 277 g/mol. The molecular weight excluding hydrogens is 264 g/mol. The third kappa shape index (κ3) is 3.12. The second kappa shape index (κ2) is 5.69. The van der Waals surface area contributed by atoms with Crippen molar-refractivity contribution in [2.24, 2.45) is 0 Å². The Bertz CT molecular complexity index is 656. The standard InChI is InChI=1S/C15H13F2NO2/c1-9-2-5-14(12(6-9)15(19)20)18-8-10-3-4-11(16)7-13(10)17/h2-7,18H,8H2,1H3,(H,19,20). The summed E-state index contributed by atoms with van der Waals surface area (Å²) in [6.45, 7) is 1.87. The van der Waals surface area contributed by atoms with E-state index < -0.39 is 17.6 Å². The van der Waals surface area contributed by atoms with Gasteiger partial charge in [0.2, 0.25) is 0 Å². The molecule has 0 unspecified atom stereocenters. The van der Waals surface area contributed by atoms with Crippen molar-refractivity contribution in [3.05, 3.63) is 64.7 Å². The molecule has 0 saturated carbocycles. The van der Waals surface area contributed by atoms with Crippen molar-refractivity contribution in [2.75, 3.05) is 5.32 Å². The van der Waals surface area contributed by atoms with Crippen molar-refractivity contribution in [3.8, 4) is 0 Å². The fraction of sp³-hybridized carbons (Fsp3) is 0.133. The van der Waals surface area contributed by atoms with Crippen molar-refractivity contribution in [2.45, 2.75) is 13.5 Å². The van der Waals surface area contributed by atoms with Crippen LogP contribution < -0.4 is 5.32 Å². The van der Waals surface area contributed by atoms with Gasteiger partial charge >= 0.3 is 5.97 Å². The van der Waals surface area contributed by atoms with Crippen LogP contribution in [0.3, 0.4) is 0 Å². The minimum atomic E-state index is -1.06. The summed E-state index contributed by atoms with van der Waals surface area (Å²) < 4.78 is 26.3. The van der Waals surface area contributed by atoms with E-state index in [4.69, 9.17) is 5.11 Å². The van der Waals surface area contributed by atoms with E-state index in [9.17, 15) is 13.6 Å². The van der Waals surface area contributed by atoms with Crippen LogP contribution in [0.5, 0.6) is 0 Å². The van der Waals surface area contributed by atoms with Gasteiger partial charge in [-0.1, -0.05) is 17.7 Å². The Hall–Kier alpha value is -2.43. The molecule has 0 spiro atoms. The quantitative estimate of drug-likeness (QED) is 0.898. The summed E-state index contributed by atoms with van der Waals surface area (Å²) in [5, 5.41) is 12.0. The van der Waals surface area contributed by atoms with Crippen LogP contribution in [0.15, 0.2) is 36.4 Å². The van der Waals surface area contributed by atoms with Crippen molar-refractivity contribution in [1.29, 1.82) is 0 Å². The lowest BCUT2D eigenvalue weighted by molar-refractivity contribution is 0.0698. The fourth-order valence-corrected chi connectivity index (χ4v) is 1.84. The number of aryl methyl sites for hydroxylation is 1. The summed E-state index contributed by atoms with van der Waals surface area (Å²) in [6, 6.07) is 8.20. The van der Waals surface area contributed by atoms with Gasteiger partial charge in [0.1, 0.15) is 11.6 Å². The first-order chi connectivity index (χ1) is 9.47. The molecule has 0 aliphatic rings. The number of hydrogen-bond donors (Lipinski definition) is 2. The molecule has 0 fully saturated rings. The number of benzene rings is 2. The smallest absolute Gasteiger partial charge is 0.337 e. The van der Waals surface area contributed by atoms with Gasteiger partial charge in [-0.25, -0.2) is 13.6 Å². The zero-order chi connectivity index (χ0) is 14.7. The molecular formula is C15H13F2NO2. The molecule has 0 amide bonds. The number of nitrogens with one attached hydrogen (secondary N) is 1. The van der Waals surface area contributed by atoms with Crippen LogP contribution in [0.1, 0.15) is 21.5 Å². The highest BCUT2D eigenvalue weighted by atomic mass is 19.1. The maximum Gasteiger partial charge on any atom is 0.337 e. The van der Waals surface area contributed by atoms with E-state index in [1.165, 1.54) is 12.1 Å². The Balaban J connectivity index is 2.20. The first-order valence-electron chi connectivity index (χ1n) is 5.99. The minimum absolute atomic E-state index is 0.0788. The molecule has 104 valence electrons. The lowest BCUT2D eigenvalue weighted by Gasteiger charge is -2.11. The van der Waals surface area contributed by atoms with Crippen LogP contribution in [0.4, 0.5) is 14.5 Å². The summed E-state index contributed by atoms with van der Waals surface area (Å²) in [5.41, 5.74) is 1.60. The maximum atomic E-state index is 13.5. The Kier molecular flexibility index (Phi) is 3.98. The molecule has 2 aromatic carbocycles. The highest BCUT2D eigenvalue weighted by Crippen LogP contribution is 2.19. The third-order valence-electron chi connectivity index (χ3n) is 2.89. The second-order valence-corrected chi connectivity index (χ2v) is 4.44. The molecule has 0 heterocycles. The van der Waals surface area contributed by atoms with Crippen LogP contribution in [-0.4, -0.2) is 11.1 Å². The van der Waals surface area contributed by atoms with E-state index in [1.807, 2.05) is 0 Å². The van der Waals surface area contributed by atoms with E-state index in [0.29, 0.717) is 5.69 Å². The Labute approximate surface area is 114 Å². The molecule has 0 atom stereocenters. The van der Waals surface area contributed by atoms with Gasteiger partial charge < -0.3 is 10.4 Å². The van der Waals surface area contributed by atoms with Crippen LogP contribution in [0.2, 0.25) is 0 Å². The number of halogens is 2. The summed E-state index contributed by atoms with van der Waals surface area (Å²) in [4.78, 5) is 11.1. The highest BCUT2D eigenvalue weighted by molar-refractivity contribution is 5.94. The normalized spacial score (nSPS) is 10.3. The van der Waals surface area contributed by atoms with Crippen molar-refractivity contribution in [3.63, 3.8) is 0 Å². The number of aromatic carboxylic acids is 1. The van der Waals surface area contributed by atoms with Gasteiger partial charge in [0.15, 0.2) is 0 Å². The van der Waals surface area contributed by atoms with Gasteiger partial charge in [0, 0.05) is 23.9 Å². The van der Waals surface area contributed by atoms with Gasteiger partial charge in [0.25, 0.3) is 0 Å². The first-order valence-corrected chi connectivity index (χ1v) is 5.99. The predicted molar refractivity (Wildman–Crippen MR) is 71.8 cm³/mol. The molecule has 0 bridgehead atoms. The molecule has 0 radical (unpaired) electrons. The van der Waals surface area contributed by atoms with Gasteiger partial charge in [-0.2, -0.15) is 0 Å². The van der Waals surface area contributed by atoms with Crippen LogP contribution in [0.25, 0.3) is 0 Å². The van der Waals surface area contributed by atoms with Gasteiger partial charge in [0.05, 0.1) is 5.56 Å². The SMILES string of the molecule is Cc1ccc(NCc2ccc(F)cc2F)c(C(=O)O)c1. The van der Waals surface area contributed by atoms with Gasteiger partial charge in [-0.15, -0.1) is 0 Å². The zero-order valence-electron chi connectivity index (χ0n) is 10.8. The molecule has 20 heavy (non-hydrogen) atoms. The summed E-state index contributed by atoms with van der Waals surface area (Å²) in [5.74, 6) is -2.37. The highest BCUT2D eigenvalue weighted by Gasteiger charge is 2.11. The zero-order valence-corrected chi connectivity index (χ0v) is 10.8. The first kappa shape index (κ1) is 14.0. The maximum absolute atomic E-state index is 13.5. The van der Waals surface area contributed by atoms with E-state index >= 15 is 0 Å². The Morgan fingerprint density at radius 2 is 1.95 bits per heavy atom. The van der Waals surface area contributed by atoms with Crippen LogP contribution in [0, 0.1) is 18.6 Å². The van der Waals surface area contributed by atoms with Crippen LogP contribution >= 0.6 is 0 Å². The minimum Gasteiger partial charge on any atom is -0.478 e. The molecule has 5 heteroatoms. The van der Waals surface area contributed by atoms with E-state index in [1.54, 1.807) is 19.1 Å². The van der Waals surface area contributed by atoms with E-state index in [2.05, 4.69) is 5.32 Å². The number of anilines is 1. The second-order valence-electron chi connectivity index (χ2n) is 4.44. The number of hydrogen-bond acceptors (Lipinski definition) is 2. The summed E-state index contributed by atoms with van der Waals surface area (Å²) in [6.07, 6.45) is 0. The molecule has 2 N–H and O–H groups in total. The lowest BCUT2D eigenvalue weighted by atomic mass is 10.1. The van der Waals surface area contributed by atoms with Gasteiger partial charge in [-0.05, 0) is 25.1 Å². The molecule has 0 aliphatic carbocycles. The molecule has 2 aromatic rings. The molecule has 0 aromatic heterocycles. The summed E-state index contributed by atoms with van der Waals surface area (Å²) >= 11 is 0. The topological polar surface area (TPSA) is 49.3 Å². The van der Waals surface area contributed by atoms with E-state index in [0.717, 1.165) is 17.7 Å². The number of carboxylic acid groups (broad SMARTS) is 1. The fourth-order valence-electron chi connectivity index (χ4n) is 1.84. The number of carbonyl (C=O) groups is 1. The number of rotatable bonds is 4. The molecule has 0 saturated heterocycles. The Morgan fingerprint density at radius 3 is 2.60 bits per heavy atom.